The zero-order valence-corrected chi connectivity index (χ0v) is 11.2. The molecule has 0 aromatic carbocycles. The molecule has 94 valence electrons. The predicted octanol–water partition coefficient (Wildman–Crippen LogP) is 3.74. The van der Waals surface area contributed by atoms with Gasteiger partial charge >= 0.3 is 5.97 Å². The van der Waals surface area contributed by atoms with Crippen LogP contribution in [0.3, 0.4) is 0 Å². The topological polar surface area (TPSA) is 39.2 Å². The highest BCUT2D eigenvalue weighted by molar-refractivity contribution is 9.08. The number of halogens is 4. The molecule has 0 aliphatic rings. The van der Waals surface area contributed by atoms with Crippen molar-refractivity contribution in [2.45, 2.75) is 18.7 Å². The van der Waals surface area contributed by atoms with Gasteiger partial charge in [0.1, 0.15) is 5.15 Å². The molecule has 0 atom stereocenters. The Bertz CT molecular complexity index is 429. The summed E-state index contributed by atoms with van der Waals surface area (Å²) in [5.74, 6) is -0.818. The lowest BCUT2D eigenvalue weighted by Crippen LogP contribution is -2.12. The van der Waals surface area contributed by atoms with Crippen LogP contribution < -0.4 is 0 Å². The molecule has 7 heteroatoms. The second kappa shape index (κ2) is 6.26. The van der Waals surface area contributed by atoms with E-state index >= 15 is 0 Å². The molecule has 0 saturated heterocycles. The molecule has 1 rings (SSSR count). The van der Waals surface area contributed by atoms with E-state index < -0.39 is 18.0 Å². The molecule has 0 radical (unpaired) electrons. The summed E-state index contributed by atoms with van der Waals surface area (Å²) in [6.07, 6.45) is -1.91. The summed E-state index contributed by atoms with van der Waals surface area (Å²) in [4.78, 5) is 15.3. The number of aromatic nitrogens is 1. The fourth-order valence-corrected chi connectivity index (χ4v) is 2.20. The van der Waals surface area contributed by atoms with Crippen molar-refractivity contribution in [1.82, 2.24) is 4.98 Å². The fourth-order valence-electron chi connectivity index (χ4n) is 1.28. The second-order valence-electron chi connectivity index (χ2n) is 3.01. The van der Waals surface area contributed by atoms with Gasteiger partial charge in [0.2, 0.25) is 0 Å². The van der Waals surface area contributed by atoms with Crippen LogP contribution in [-0.4, -0.2) is 17.6 Å². The number of alkyl halides is 3. The van der Waals surface area contributed by atoms with Gasteiger partial charge in [0.05, 0.1) is 17.7 Å². The van der Waals surface area contributed by atoms with Crippen molar-refractivity contribution in [2.24, 2.45) is 0 Å². The maximum atomic E-state index is 12.8. The SMILES string of the molecule is CCOC(=O)c1c(C(F)F)cnc(Cl)c1CBr. The largest absolute Gasteiger partial charge is 0.462 e. The highest BCUT2D eigenvalue weighted by Gasteiger charge is 2.25. The molecule has 0 saturated carbocycles. The molecule has 0 fully saturated rings. The zero-order chi connectivity index (χ0) is 13.0. The summed E-state index contributed by atoms with van der Waals surface area (Å²) in [7, 11) is 0. The maximum Gasteiger partial charge on any atom is 0.339 e. The van der Waals surface area contributed by atoms with Crippen molar-refractivity contribution >= 4 is 33.5 Å². The van der Waals surface area contributed by atoms with Crippen LogP contribution in [0.15, 0.2) is 6.20 Å². The van der Waals surface area contributed by atoms with E-state index in [-0.39, 0.29) is 28.2 Å². The van der Waals surface area contributed by atoms with E-state index in [1.807, 2.05) is 0 Å². The van der Waals surface area contributed by atoms with Crippen LogP contribution in [0.1, 0.15) is 34.8 Å². The van der Waals surface area contributed by atoms with Gasteiger partial charge in [-0.1, -0.05) is 27.5 Å². The number of rotatable bonds is 4. The van der Waals surface area contributed by atoms with Gasteiger partial charge in [-0.3, -0.25) is 0 Å². The van der Waals surface area contributed by atoms with E-state index in [1.54, 1.807) is 6.92 Å². The normalized spacial score (nSPS) is 10.7. The lowest BCUT2D eigenvalue weighted by Gasteiger charge is -2.12. The van der Waals surface area contributed by atoms with Crippen molar-refractivity contribution in [3.8, 4) is 0 Å². The van der Waals surface area contributed by atoms with E-state index in [1.165, 1.54) is 0 Å². The van der Waals surface area contributed by atoms with Gasteiger partial charge in [0.15, 0.2) is 0 Å². The quantitative estimate of drug-likeness (QED) is 0.480. The van der Waals surface area contributed by atoms with Crippen LogP contribution in [0.5, 0.6) is 0 Å². The number of carbonyl (C=O) groups excluding carboxylic acids is 1. The third-order valence-corrected chi connectivity index (χ3v) is 2.89. The van der Waals surface area contributed by atoms with E-state index in [2.05, 4.69) is 20.9 Å². The Morgan fingerprint density at radius 1 is 1.65 bits per heavy atom. The molecular weight excluding hydrogens is 319 g/mol. The van der Waals surface area contributed by atoms with Gasteiger partial charge in [-0.25, -0.2) is 18.6 Å². The monoisotopic (exact) mass is 327 g/mol. The molecule has 1 aromatic heterocycles. The molecule has 0 amide bonds. The van der Waals surface area contributed by atoms with Crippen LogP contribution >= 0.6 is 27.5 Å². The van der Waals surface area contributed by atoms with Gasteiger partial charge in [0, 0.05) is 17.1 Å². The first-order valence-electron chi connectivity index (χ1n) is 4.71. The molecule has 1 aromatic rings. The first-order valence-corrected chi connectivity index (χ1v) is 6.21. The lowest BCUT2D eigenvalue weighted by molar-refractivity contribution is 0.0514. The molecule has 0 N–H and O–H groups in total. The Morgan fingerprint density at radius 2 is 2.29 bits per heavy atom. The third kappa shape index (κ3) is 3.13. The zero-order valence-electron chi connectivity index (χ0n) is 8.84. The molecule has 17 heavy (non-hydrogen) atoms. The van der Waals surface area contributed by atoms with Gasteiger partial charge in [0.25, 0.3) is 6.43 Å². The maximum absolute atomic E-state index is 12.8. The Balaban J connectivity index is 3.38. The fraction of sp³-hybridized carbons (Fsp3) is 0.400. The van der Waals surface area contributed by atoms with Crippen LogP contribution in [0, 0.1) is 0 Å². The Hall–Kier alpha value is -0.750. The van der Waals surface area contributed by atoms with E-state index in [9.17, 15) is 13.6 Å². The summed E-state index contributed by atoms with van der Waals surface area (Å²) in [5, 5.41) is 0.155. The minimum atomic E-state index is -2.81. The number of esters is 1. The predicted molar refractivity (Wildman–Crippen MR) is 62.8 cm³/mol. The Labute approximate surface area is 110 Å². The molecule has 0 spiro atoms. The average molecular weight is 329 g/mol. The van der Waals surface area contributed by atoms with Crippen LogP contribution in [-0.2, 0) is 10.1 Å². The Kier molecular flexibility index (Phi) is 5.27. The van der Waals surface area contributed by atoms with Crippen molar-refractivity contribution in [3.63, 3.8) is 0 Å². The van der Waals surface area contributed by atoms with E-state index in [4.69, 9.17) is 16.3 Å². The number of pyridine rings is 1. The van der Waals surface area contributed by atoms with Crippen molar-refractivity contribution < 1.29 is 18.3 Å². The lowest BCUT2D eigenvalue weighted by atomic mass is 10.1. The number of hydrogen-bond acceptors (Lipinski definition) is 3. The molecule has 3 nitrogen and oxygen atoms in total. The third-order valence-electron chi connectivity index (χ3n) is 2.00. The van der Waals surface area contributed by atoms with Crippen LogP contribution in [0.25, 0.3) is 0 Å². The van der Waals surface area contributed by atoms with Crippen LogP contribution in [0.4, 0.5) is 8.78 Å². The summed E-state index contributed by atoms with van der Waals surface area (Å²) in [5.41, 5.74) is -0.469. The molecule has 0 unspecified atom stereocenters. The van der Waals surface area contributed by atoms with Gasteiger partial charge in [-0.15, -0.1) is 0 Å². The molecule has 1 heterocycles. The number of nitrogens with zero attached hydrogens (tertiary/aromatic N) is 1. The minimum absolute atomic E-state index is 0.00864. The van der Waals surface area contributed by atoms with Crippen molar-refractivity contribution in [1.29, 1.82) is 0 Å². The Morgan fingerprint density at radius 3 is 2.76 bits per heavy atom. The number of carbonyl (C=O) groups is 1. The first-order chi connectivity index (χ1) is 8.02. The summed E-state index contributed by atoms with van der Waals surface area (Å²) >= 11 is 8.84. The van der Waals surface area contributed by atoms with E-state index in [0.29, 0.717) is 0 Å². The highest BCUT2D eigenvalue weighted by atomic mass is 79.9. The van der Waals surface area contributed by atoms with Crippen molar-refractivity contribution in [3.05, 3.63) is 28.0 Å². The molecule has 0 bridgehead atoms. The standard InChI is InChI=1S/C10H9BrClF2NO2/c1-2-17-10(16)7-5(3-11)8(12)15-4-6(7)9(13)14/h4,9H,2-3H2,1H3. The molecule has 0 aliphatic carbocycles. The van der Waals surface area contributed by atoms with Crippen LogP contribution in [0.2, 0.25) is 5.15 Å². The smallest absolute Gasteiger partial charge is 0.339 e. The minimum Gasteiger partial charge on any atom is -0.462 e. The van der Waals surface area contributed by atoms with Gasteiger partial charge in [-0.2, -0.15) is 0 Å². The van der Waals surface area contributed by atoms with Crippen molar-refractivity contribution in [2.75, 3.05) is 6.61 Å². The summed E-state index contributed by atoms with van der Waals surface area (Å²) in [6.45, 7) is 1.69. The number of ether oxygens (including phenoxy) is 1. The molecule has 0 aliphatic heterocycles. The van der Waals surface area contributed by atoms with E-state index in [0.717, 1.165) is 6.20 Å². The van der Waals surface area contributed by atoms with Gasteiger partial charge in [-0.05, 0) is 6.92 Å². The molecular formula is C10H9BrClF2NO2. The average Bonchev–Trinajstić information content (AvgIpc) is 2.28. The first kappa shape index (κ1) is 14.3. The summed E-state index contributed by atoms with van der Waals surface area (Å²) in [6, 6.07) is 0. The van der Waals surface area contributed by atoms with Gasteiger partial charge < -0.3 is 4.74 Å². The highest BCUT2D eigenvalue weighted by Crippen LogP contribution is 2.30. The number of hydrogen-bond donors (Lipinski definition) is 0. The second-order valence-corrected chi connectivity index (χ2v) is 3.93. The summed E-state index contributed by atoms with van der Waals surface area (Å²) < 4.78 is 30.3.